The molecule has 1 fully saturated rings. The number of carbonyl (C=O) groups excluding carboxylic acids is 2. The number of nitrogens with zero attached hydrogens (tertiary/aromatic N) is 1. The van der Waals surface area contributed by atoms with E-state index in [-0.39, 0.29) is 31.0 Å². The highest BCUT2D eigenvalue weighted by Crippen LogP contribution is 2.16. The first-order valence-corrected chi connectivity index (χ1v) is 4.80. The van der Waals surface area contributed by atoms with Crippen LogP contribution in [0.3, 0.4) is 0 Å². The van der Waals surface area contributed by atoms with Gasteiger partial charge in [0.2, 0.25) is 11.8 Å². The van der Waals surface area contributed by atoms with Crippen LogP contribution in [-0.4, -0.2) is 47.6 Å². The van der Waals surface area contributed by atoms with Gasteiger partial charge >= 0.3 is 0 Å². The van der Waals surface area contributed by atoms with Gasteiger partial charge in [-0.2, -0.15) is 0 Å². The second-order valence-corrected chi connectivity index (χ2v) is 3.48. The number of amides is 2. The Balaban J connectivity index is 2.39. The van der Waals surface area contributed by atoms with Crippen molar-refractivity contribution in [2.75, 3.05) is 19.7 Å². The predicted octanol–water partition coefficient (Wildman–Crippen LogP) is -0.894. The van der Waals surface area contributed by atoms with E-state index in [2.05, 4.69) is 5.32 Å². The maximum atomic E-state index is 11.5. The Morgan fingerprint density at radius 2 is 2.29 bits per heavy atom. The third kappa shape index (κ3) is 2.70. The molecule has 0 radical (unpaired) electrons. The minimum atomic E-state index is -0.210. The molecule has 2 amide bonds. The summed E-state index contributed by atoms with van der Waals surface area (Å²) >= 11 is 0. The lowest BCUT2D eigenvalue weighted by atomic mass is 10.2. The SMILES string of the molecule is CC(=O)NCC(=O)N1CCC[C@H]1CO. The quantitative estimate of drug-likeness (QED) is 0.620. The summed E-state index contributed by atoms with van der Waals surface area (Å²) in [6, 6.07) is -0.0590. The molecular weight excluding hydrogens is 184 g/mol. The molecule has 1 atom stereocenters. The Kier molecular flexibility index (Phi) is 3.88. The zero-order chi connectivity index (χ0) is 10.6. The molecule has 0 saturated carbocycles. The lowest BCUT2D eigenvalue weighted by Gasteiger charge is -2.22. The third-order valence-corrected chi connectivity index (χ3v) is 2.40. The monoisotopic (exact) mass is 200 g/mol. The molecule has 1 rings (SSSR count). The molecule has 5 heteroatoms. The minimum Gasteiger partial charge on any atom is -0.394 e. The predicted molar refractivity (Wildman–Crippen MR) is 50.5 cm³/mol. The normalized spacial score (nSPS) is 21.0. The van der Waals surface area contributed by atoms with Crippen LogP contribution in [0.2, 0.25) is 0 Å². The first-order chi connectivity index (χ1) is 6.65. The second-order valence-electron chi connectivity index (χ2n) is 3.48. The molecule has 0 aromatic rings. The van der Waals surface area contributed by atoms with Crippen LogP contribution in [0.5, 0.6) is 0 Å². The molecule has 0 aromatic heterocycles. The molecule has 0 aromatic carbocycles. The average Bonchev–Trinajstić information content (AvgIpc) is 2.61. The van der Waals surface area contributed by atoms with E-state index in [1.165, 1.54) is 6.92 Å². The van der Waals surface area contributed by atoms with Crippen LogP contribution in [0.25, 0.3) is 0 Å². The van der Waals surface area contributed by atoms with Gasteiger partial charge in [-0.3, -0.25) is 9.59 Å². The highest BCUT2D eigenvalue weighted by molar-refractivity contribution is 5.84. The molecule has 0 unspecified atom stereocenters. The summed E-state index contributed by atoms with van der Waals surface area (Å²) in [5.74, 6) is -0.324. The molecule has 14 heavy (non-hydrogen) atoms. The van der Waals surface area contributed by atoms with Crippen molar-refractivity contribution in [3.63, 3.8) is 0 Å². The summed E-state index contributed by atoms with van der Waals surface area (Å²) in [5, 5.41) is 11.4. The average molecular weight is 200 g/mol. The second kappa shape index (κ2) is 4.95. The smallest absolute Gasteiger partial charge is 0.242 e. The minimum absolute atomic E-state index is 0.00577. The van der Waals surface area contributed by atoms with Crippen LogP contribution in [0.15, 0.2) is 0 Å². The Hall–Kier alpha value is -1.10. The number of aliphatic hydroxyl groups excluding tert-OH is 1. The van der Waals surface area contributed by atoms with Gasteiger partial charge in [-0.15, -0.1) is 0 Å². The van der Waals surface area contributed by atoms with Crippen molar-refractivity contribution in [3.8, 4) is 0 Å². The van der Waals surface area contributed by atoms with E-state index in [4.69, 9.17) is 5.11 Å². The van der Waals surface area contributed by atoms with Gasteiger partial charge in [0.1, 0.15) is 0 Å². The summed E-state index contributed by atoms with van der Waals surface area (Å²) in [6.07, 6.45) is 1.78. The van der Waals surface area contributed by atoms with Crippen molar-refractivity contribution >= 4 is 11.8 Å². The molecule has 1 saturated heterocycles. The molecule has 0 aliphatic carbocycles. The molecule has 2 N–H and O–H groups in total. The molecule has 1 aliphatic rings. The fourth-order valence-corrected chi connectivity index (χ4v) is 1.66. The summed E-state index contributed by atoms with van der Waals surface area (Å²) in [7, 11) is 0. The van der Waals surface area contributed by atoms with Gasteiger partial charge in [0.05, 0.1) is 19.2 Å². The van der Waals surface area contributed by atoms with Crippen molar-refractivity contribution < 1.29 is 14.7 Å². The van der Waals surface area contributed by atoms with Crippen molar-refractivity contribution in [2.45, 2.75) is 25.8 Å². The number of hydrogen-bond acceptors (Lipinski definition) is 3. The maximum absolute atomic E-state index is 11.5. The van der Waals surface area contributed by atoms with E-state index < -0.39 is 0 Å². The number of nitrogens with one attached hydrogen (secondary N) is 1. The first-order valence-electron chi connectivity index (χ1n) is 4.80. The fraction of sp³-hybridized carbons (Fsp3) is 0.778. The van der Waals surface area contributed by atoms with Crippen molar-refractivity contribution in [1.82, 2.24) is 10.2 Å². The number of likely N-dealkylation sites (tertiary alicyclic amines) is 1. The van der Waals surface area contributed by atoms with Crippen molar-refractivity contribution in [1.29, 1.82) is 0 Å². The van der Waals surface area contributed by atoms with Crippen LogP contribution in [0.4, 0.5) is 0 Å². The zero-order valence-corrected chi connectivity index (χ0v) is 8.32. The molecule has 5 nitrogen and oxygen atoms in total. The van der Waals surface area contributed by atoms with E-state index in [0.717, 1.165) is 12.8 Å². The molecule has 0 spiro atoms. The van der Waals surface area contributed by atoms with Crippen LogP contribution in [0.1, 0.15) is 19.8 Å². The van der Waals surface area contributed by atoms with E-state index in [1.807, 2.05) is 0 Å². The van der Waals surface area contributed by atoms with Crippen molar-refractivity contribution in [2.24, 2.45) is 0 Å². The third-order valence-electron chi connectivity index (χ3n) is 2.40. The number of rotatable bonds is 3. The Bertz CT molecular complexity index is 230. The van der Waals surface area contributed by atoms with E-state index in [9.17, 15) is 9.59 Å². The molecule has 0 bridgehead atoms. The van der Waals surface area contributed by atoms with Crippen LogP contribution < -0.4 is 5.32 Å². The van der Waals surface area contributed by atoms with Gasteiger partial charge < -0.3 is 15.3 Å². The van der Waals surface area contributed by atoms with E-state index >= 15 is 0 Å². The van der Waals surface area contributed by atoms with Gasteiger partial charge in [0.15, 0.2) is 0 Å². The standard InChI is InChI=1S/C9H16N2O3/c1-7(13)10-5-9(14)11-4-2-3-8(11)6-12/h8,12H,2-6H2,1H3,(H,10,13)/t8-/m0/s1. The summed E-state index contributed by atoms with van der Waals surface area (Å²) in [6.45, 7) is 2.10. The molecule has 80 valence electrons. The zero-order valence-electron chi connectivity index (χ0n) is 8.32. The Morgan fingerprint density at radius 1 is 1.57 bits per heavy atom. The molecular formula is C9H16N2O3. The number of hydrogen-bond donors (Lipinski definition) is 2. The highest BCUT2D eigenvalue weighted by atomic mass is 16.3. The van der Waals surface area contributed by atoms with Gasteiger partial charge in [-0.1, -0.05) is 0 Å². The summed E-state index contributed by atoms with van der Waals surface area (Å²) in [4.78, 5) is 23.7. The van der Waals surface area contributed by atoms with Crippen LogP contribution >= 0.6 is 0 Å². The fourth-order valence-electron chi connectivity index (χ4n) is 1.66. The number of aliphatic hydroxyl groups is 1. The lowest BCUT2D eigenvalue weighted by Crippen LogP contribution is -2.43. The molecule has 1 aliphatic heterocycles. The van der Waals surface area contributed by atoms with Crippen molar-refractivity contribution in [3.05, 3.63) is 0 Å². The van der Waals surface area contributed by atoms with E-state index in [0.29, 0.717) is 6.54 Å². The Morgan fingerprint density at radius 3 is 2.86 bits per heavy atom. The van der Waals surface area contributed by atoms with Crippen LogP contribution in [0, 0.1) is 0 Å². The first kappa shape index (κ1) is 11.0. The van der Waals surface area contributed by atoms with E-state index in [1.54, 1.807) is 4.90 Å². The lowest BCUT2D eigenvalue weighted by molar-refractivity contribution is -0.133. The van der Waals surface area contributed by atoms with Gasteiger partial charge in [-0.25, -0.2) is 0 Å². The van der Waals surface area contributed by atoms with Crippen LogP contribution in [-0.2, 0) is 9.59 Å². The van der Waals surface area contributed by atoms with Gasteiger partial charge in [0.25, 0.3) is 0 Å². The summed E-state index contributed by atoms with van der Waals surface area (Å²) < 4.78 is 0. The molecule has 1 heterocycles. The number of carbonyl (C=O) groups is 2. The topological polar surface area (TPSA) is 69.6 Å². The summed E-state index contributed by atoms with van der Waals surface area (Å²) in [5.41, 5.74) is 0. The largest absolute Gasteiger partial charge is 0.394 e. The highest BCUT2D eigenvalue weighted by Gasteiger charge is 2.27. The Labute approximate surface area is 83.1 Å². The van der Waals surface area contributed by atoms with Gasteiger partial charge in [-0.05, 0) is 12.8 Å². The van der Waals surface area contributed by atoms with Gasteiger partial charge in [0, 0.05) is 13.5 Å². The maximum Gasteiger partial charge on any atom is 0.242 e.